The first kappa shape index (κ1) is 23.0. The molecule has 2 N–H and O–H groups in total. The molecule has 180 valence electrons. The minimum absolute atomic E-state index is 0.0248. The summed E-state index contributed by atoms with van der Waals surface area (Å²) in [5.41, 5.74) is 9.30. The van der Waals surface area contributed by atoms with E-state index in [1.807, 2.05) is 28.9 Å². The SMILES string of the molecule is C=CC(=O)N1CCC[C@@H](n2nc(-c3ccc(-c4noc(CCCCl)n4)cc3)c3c(N)ncnc32)C1. The van der Waals surface area contributed by atoms with E-state index in [9.17, 15) is 4.79 Å². The minimum Gasteiger partial charge on any atom is -0.383 e. The molecule has 35 heavy (non-hydrogen) atoms. The molecular formula is C24H25ClN8O2. The Morgan fingerprint density at radius 3 is 2.83 bits per heavy atom. The number of amides is 1. The van der Waals surface area contributed by atoms with Crippen LogP contribution >= 0.6 is 11.6 Å². The Bertz CT molecular complexity index is 1360. The molecule has 11 heteroatoms. The first-order chi connectivity index (χ1) is 17.1. The number of hydrogen-bond acceptors (Lipinski definition) is 8. The third-order valence-electron chi connectivity index (χ3n) is 6.16. The molecule has 0 spiro atoms. The van der Waals surface area contributed by atoms with Crippen LogP contribution in [-0.2, 0) is 11.2 Å². The number of nitrogen functional groups attached to an aromatic ring is 1. The van der Waals surface area contributed by atoms with E-state index < -0.39 is 0 Å². The third-order valence-corrected chi connectivity index (χ3v) is 6.42. The highest BCUT2D eigenvalue weighted by Gasteiger charge is 2.28. The summed E-state index contributed by atoms with van der Waals surface area (Å²) in [6, 6.07) is 7.69. The van der Waals surface area contributed by atoms with Crippen LogP contribution in [0.5, 0.6) is 0 Å². The molecular weight excluding hydrogens is 468 g/mol. The first-order valence-electron chi connectivity index (χ1n) is 11.5. The van der Waals surface area contributed by atoms with Crippen molar-refractivity contribution in [3.8, 4) is 22.6 Å². The number of nitrogens with zero attached hydrogens (tertiary/aromatic N) is 7. The van der Waals surface area contributed by atoms with Gasteiger partial charge in [-0.2, -0.15) is 10.1 Å². The van der Waals surface area contributed by atoms with E-state index in [0.29, 0.717) is 59.7 Å². The monoisotopic (exact) mass is 492 g/mol. The highest BCUT2D eigenvalue weighted by molar-refractivity contribution is 6.17. The summed E-state index contributed by atoms with van der Waals surface area (Å²) < 4.78 is 7.19. The van der Waals surface area contributed by atoms with Gasteiger partial charge in [0, 0.05) is 36.5 Å². The van der Waals surface area contributed by atoms with Gasteiger partial charge in [-0.15, -0.1) is 11.6 Å². The predicted molar refractivity (Wildman–Crippen MR) is 133 cm³/mol. The number of aromatic nitrogens is 6. The molecule has 3 aromatic heterocycles. The fourth-order valence-electron chi connectivity index (χ4n) is 4.40. The largest absolute Gasteiger partial charge is 0.383 e. The van der Waals surface area contributed by atoms with Crippen molar-refractivity contribution in [3.63, 3.8) is 0 Å². The van der Waals surface area contributed by atoms with E-state index in [4.69, 9.17) is 27.0 Å². The molecule has 1 amide bonds. The molecule has 0 aliphatic carbocycles. The molecule has 1 saturated heterocycles. The van der Waals surface area contributed by atoms with Crippen LogP contribution in [-0.4, -0.2) is 59.7 Å². The van der Waals surface area contributed by atoms with Gasteiger partial charge in [-0.1, -0.05) is 36.0 Å². The van der Waals surface area contributed by atoms with E-state index in [1.165, 1.54) is 12.4 Å². The second-order valence-electron chi connectivity index (χ2n) is 8.42. The molecule has 1 fully saturated rings. The van der Waals surface area contributed by atoms with Crippen molar-refractivity contribution >= 4 is 34.4 Å². The predicted octanol–water partition coefficient (Wildman–Crippen LogP) is 3.65. The lowest BCUT2D eigenvalue weighted by Crippen LogP contribution is -2.40. The van der Waals surface area contributed by atoms with Crippen LogP contribution in [0, 0.1) is 0 Å². The third kappa shape index (κ3) is 4.49. The minimum atomic E-state index is -0.0802. The zero-order valence-corrected chi connectivity index (χ0v) is 19.9. The number of hydrogen-bond donors (Lipinski definition) is 1. The number of nitrogens with two attached hydrogens (primary N) is 1. The number of halogens is 1. The van der Waals surface area contributed by atoms with E-state index >= 15 is 0 Å². The standard InChI is InChI=1S/C24H25ClN8O2/c1-2-19(34)32-12-4-5-17(13-32)33-24-20(22(26)27-14-28-24)21(30-33)15-7-9-16(10-8-15)23-29-18(35-31-23)6-3-11-25/h2,7-10,14,17H,1,3-6,11-13H2,(H2,26,27,28)/t17-/m1/s1. The topological polar surface area (TPSA) is 129 Å². The average molecular weight is 493 g/mol. The van der Waals surface area contributed by atoms with Crippen molar-refractivity contribution in [2.24, 2.45) is 0 Å². The lowest BCUT2D eigenvalue weighted by atomic mass is 10.1. The number of piperidine rings is 1. The summed E-state index contributed by atoms with van der Waals surface area (Å²) in [6.07, 6.45) is 5.96. The second-order valence-corrected chi connectivity index (χ2v) is 8.79. The van der Waals surface area contributed by atoms with E-state index in [1.54, 1.807) is 4.90 Å². The number of benzene rings is 1. The Kier molecular flexibility index (Phi) is 6.45. The van der Waals surface area contributed by atoms with Gasteiger partial charge in [0.05, 0.1) is 11.4 Å². The number of rotatable bonds is 7. The molecule has 10 nitrogen and oxygen atoms in total. The Hall–Kier alpha value is -3.79. The number of aryl methyl sites for hydroxylation is 1. The zero-order valence-electron chi connectivity index (χ0n) is 19.1. The molecule has 1 aliphatic heterocycles. The van der Waals surface area contributed by atoms with E-state index in [2.05, 4.69) is 26.7 Å². The number of anilines is 1. The molecule has 0 saturated carbocycles. The Balaban J connectivity index is 1.48. The molecule has 0 radical (unpaired) electrons. The summed E-state index contributed by atoms with van der Waals surface area (Å²) >= 11 is 5.75. The van der Waals surface area contributed by atoms with Crippen molar-refractivity contribution < 1.29 is 9.32 Å². The summed E-state index contributed by atoms with van der Waals surface area (Å²) in [5.74, 6) is 1.91. The summed E-state index contributed by atoms with van der Waals surface area (Å²) in [7, 11) is 0. The number of carbonyl (C=O) groups is 1. The lowest BCUT2D eigenvalue weighted by Gasteiger charge is -2.32. The Morgan fingerprint density at radius 1 is 1.26 bits per heavy atom. The maximum absolute atomic E-state index is 12.2. The zero-order chi connectivity index (χ0) is 24.4. The van der Waals surface area contributed by atoms with Crippen LogP contribution in [0.15, 0.2) is 47.8 Å². The number of likely N-dealkylation sites (tertiary alicyclic amines) is 1. The average Bonchev–Trinajstić information content (AvgIpc) is 3.53. The number of alkyl halides is 1. The normalized spacial score (nSPS) is 16.0. The van der Waals surface area contributed by atoms with Crippen LogP contribution < -0.4 is 5.73 Å². The maximum atomic E-state index is 12.2. The fourth-order valence-corrected chi connectivity index (χ4v) is 4.54. The summed E-state index contributed by atoms with van der Waals surface area (Å²) in [4.78, 5) is 27.1. The molecule has 1 aliphatic rings. The Labute approximate surface area is 206 Å². The molecule has 0 unspecified atom stereocenters. The van der Waals surface area contributed by atoms with Crippen molar-refractivity contribution in [1.29, 1.82) is 0 Å². The molecule has 4 heterocycles. The first-order valence-corrected chi connectivity index (χ1v) is 12.0. The van der Waals surface area contributed by atoms with Crippen molar-refractivity contribution in [2.75, 3.05) is 24.7 Å². The molecule has 5 rings (SSSR count). The smallest absolute Gasteiger partial charge is 0.246 e. The van der Waals surface area contributed by atoms with Gasteiger partial charge in [0.15, 0.2) is 5.65 Å². The van der Waals surface area contributed by atoms with Gasteiger partial charge in [-0.3, -0.25) is 4.79 Å². The quantitative estimate of drug-likeness (QED) is 0.305. The van der Waals surface area contributed by atoms with Gasteiger partial charge in [0.25, 0.3) is 0 Å². The van der Waals surface area contributed by atoms with Crippen LogP contribution in [0.3, 0.4) is 0 Å². The summed E-state index contributed by atoms with van der Waals surface area (Å²) in [5, 5.41) is 9.67. The van der Waals surface area contributed by atoms with Gasteiger partial charge in [0.1, 0.15) is 17.8 Å². The van der Waals surface area contributed by atoms with Gasteiger partial charge in [-0.05, 0) is 25.3 Å². The maximum Gasteiger partial charge on any atom is 0.246 e. The lowest BCUT2D eigenvalue weighted by molar-refractivity contribution is -0.127. The number of carbonyl (C=O) groups excluding carboxylic acids is 1. The van der Waals surface area contributed by atoms with Crippen LogP contribution in [0.2, 0.25) is 0 Å². The van der Waals surface area contributed by atoms with Gasteiger partial charge in [0.2, 0.25) is 17.6 Å². The van der Waals surface area contributed by atoms with Gasteiger partial charge < -0.3 is 15.2 Å². The molecule has 1 aromatic carbocycles. The van der Waals surface area contributed by atoms with Crippen LogP contribution in [0.1, 0.15) is 31.2 Å². The second kappa shape index (κ2) is 9.83. The molecule has 0 bridgehead atoms. The highest BCUT2D eigenvalue weighted by Crippen LogP contribution is 2.34. The van der Waals surface area contributed by atoms with Gasteiger partial charge >= 0.3 is 0 Å². The van der Waals surface area contributed by atoms with Crippen molar-refractivity contribution in [1.82, 2.24) is 34.8 Å². The Morgan fingerprint density at radius 2 is 2.06 bits per heavy atom. The summed E-state index contributed by atoms with van der Waals surface area (Å²) in [6.45, 7) is 4.85. The van der Waals surface area contributed by atoms with Gasteiger partial charge in [-0.25, -0.2) is 14.6 Å². The number of fused-ring (bicyclic) bond motifs is 1. The van der Waals surface area contributed by atoms with Crippen molar-refractivity contribution in [2.45, 2.75) is 31.7 Å². The van der Waals surface area contributed by atoms with E-state index in [0.717, 1.165) is 30.4 Å². The highest BCUT2D eigenvalue weighted by atomic mass is 35.5. The fraction of sp³-hybridized carbons (Fsp3) is 0.333. The molecule has 4 aromatic rings. The van der Waals surface area contributed by atoms with E-state index in [-0.39, 0.29) is 11.9 Å². The van der Waals surface area contributed by atoms with Crippen LogP contribution in [0.25, 0.3) is 33.7 Å². The molecule has 1 atom stereocenters. The van der Waals surface area contributed by atoms with Crippen LogP contribution in [0.4, 0.5) is 5.82 Å². The van der Waals surface area contributed by atoms with Crippen molar-refractivity contribution in [3.05, 3.63) is 49.1 Å².